The van der Waals surface area contributed by atoms with Crippen LogP contribution in [0.4, 0.5) is 15.9 Å². The van der Waals surface area contributed by atoms with Crippen molar-refractivity contribution in [1.82, 2.24) is 4.98 Å². The van der Waals surface area contributed by atoms with Crippen LogP contribution in [0.15, 0.2) is 72.9 Å². The highest BCUT2D eigenvalue weighted by Crippen LogP contribution is 2.29. The van der Waals surface area contributed by atoms with Crippen molar-refractivity contribution in [3.8, 4) is 0 Å². The molecule has 2 aromatic heterocycles. The van der Waals surface area contributed by atoms with Crippen molar-refractivity contribution < 1.29 is 9.18 Å². The third-order valence-corrected chi connectivity index (χ3v) is 6.36. The Bertz CT molecular complexity index is 1130. The van der Waals surface area contributed by atoms with Crippen LogP contribution < -0.4 is 9.80 Å². The molecule has 31 heavy (non-hydrogen) atoms. The van der Waals surface area contributed by atoms with Gasteiger partial charge in [-0.2, -0.15) is 0 Å². The molecule has 0 unspecified atom stereocenters. The first-order chi connectivity index (χ1) is 15.1. The molecule has 6 heteroatoms. The summed E-state index contributed by atoms with van der Waals surface area (Å²) in [6, 6.07) is 19.9. The van der Waals surface area contributed by atoms with Crippen molar-refractivity contribution in [2.45, 2.75) is 20.4 Å². The molecule has 4 nitrogen and oxygen atoms in total. The van der Waals surface area contributed by atoms with E-state index >= 15 is 0 Å². The van der Waals surface area contributed by atoms with E-state index < -0.39 is 0 Å². The van der Waals surface area contributed by atoms with Gasteiger partial charge >= 0.3 is 0 Å². The first-order valence-electron chi connectivity index (χ1n) is 10.3. The Kier molecular flexibility index (Phi) is 6.28. The summed E-state index contributed by atoms with van der Waals surface area (Å²) in [5.74, 6) is 0.474. The van der Waals surface area contributed by atoms with E-state index in [1.807, 2.05) is 48.7 Å². The van der Waals surface area contributed by atoms with Gasteiger partial charge in [0.1, 0.15) is 11.6 Å². The third-order valence-electron chi connectivity index (χ3n) is 5.26. The molecule has 0 fully saturated rings. The Morgan fingerprint density at radius 2 is 1.74 bits per heavy atom. The molecule has 0 spiro atoms. The second-order valence-corrected chi connectivity index (χ2v) is 8.30. The number of hydrogen-bond donors (Lipinski definition) is 0. The van der Waals surface area contributed by atoms with E-state index in [-0.39, 0.29) is 11.7 Å². The summed E-state index contributed by atoms with van der Waals surface area (Å²) in [5, 5.41) is 1.04. The second-order valence-electron chi connectivity index (χ2n) is 7.21. The van der Waals surface area contributed by atoms with E-state index in [1.165, 1.54) is 23.5 Å². The maximum absolute atomic E-state index is 13.5. The summed E-state index contributed by atoms with van der Waals surface area (Å²) in [7, 11) is 0. The number of carbonyl (C=O) groups excluding carboxylic acids is 1. The maximum Gasteiger partial charge on any atom is 0.268 e. The summed E-state index contributed by atoms with van der Waals surface area (Å²) in [5.41, 5.74) is 1.56. The van der Waals surface area contributed by atoms with Gasteiger partial charge in [-0.15, -0.1) is 11.3 Å². The Morgan fingerprint density at radius 1 is 1.00 bits per heavy atom. The number of aromatic nitrogens is 1. The van der Waals surface area contributed by atoms with E-state index in [1.54, 1.807) is 17.0 Å². The fourth-order valence-corrected chi connectivity index (χ4v) is 4.56. The molecule has 4 rings (SSSR count). The van der Waals surface area contributed by atoms with Gasteiger partial charge in [0.25, 0.3) is 5.91 Å². The first kappa shape index (κ1) is 21.0. The van der Waals surface area contributed by atoms with Crippen LogP contribution in [0.1, 0.15) is 29.1 Å². The third kappa shape index (κ3) is 4.59. The smallest absolute Gasteiger partial charge is 0.268 e. The number of amides is 1. The van der Waals surface area contributed by atoms with Gasteiger partial charge in [-0.05, 0) is 67.3 Å². The molecule has 0 aliphatic rings. The highest BCUT2D eigenvalue weighted by atomic mass is 32.1. The number of hydrogen-bond acceptors (Lipinski definition) is 4. The van der Waals surface area contributed by atoms with E-state index in [0.717, 1.165) is 34.6 Å². The molecular weight excluding hydrogens is 409 g/mol. The zero-order valence-corrected chi connectivity index (χ0v) is 18.4. The van der Waals surface area contributed by atoms with Crippen molar-refractivity contribution in [3.05, 3.63) is 89.2 Å². The van der Waals surface area contributed by atoms with Crippen LogP contribution in [-0.2, 0) is 6.54 Å². The molecule has 0 bridgehead atoms. The highest BCUT2D eigenvalue weighted by molar-refractivity contribution is 7.20. The van der Waals surface area contributed by atoms with Crippen LogP contribution in [0.5, 0.6) is 0 Å². The van der Waals surface area contributed by atoms with Crippen molar-refractivity contribution in [2.24, 2.45) is 0 Å². The van der Waals surface area contributed by atoms with Gasteiger partial charge in [-0.25, -0.2) is 9.37 Å². The minimum Gasteiger partial charge on any atom is -0.357 e. The van der Waals surface area contributed by atoms with Gasteiger partial charge in [0.05, 0.1) is 11.4 Å². The van der Waals surface area contributed by atoms with Crippen molar-refractivity contribution in [1.29, 1.82) is 0 Å². The molecule has 0 atom stereocenters. The number of carbonyl (C=O) groups is 1. The molecular formula is C25H24FN3OS. The summed E-state index contributed by atoms with van der Waals surface area (Å²) >= 11 is 1.47. The molecule has 0 saturated heterocycles. The fraction of sp³-hybridized carbons (Fsp3) is 0.200. The van der Waals surface area contributed by atoms with Crippen molar-refractivity contribution in [3.63, 3.8) is 0 Å². The monoisotopic (exact) mass is 433 g/mol. The van der Waals surface area contributed by atoms with Gasteiger partial charge in [-0.1, -0.05) is 24.3 Å². The van der Waals surface area contributed by atoms with Crippen LogP contribution in [0.25, 0.3) is 10.1 Å². The SMILES string of the molecule is CCN(CC)c1ccc(CN(C(=O)c2cc3ccccc3s2)c2ccc(F)cc2)cn1. The van der Waals surface area contributed by atoms with E-state index in [2.05, 4.69) is 23.7 Å². The maximum atomic E-state index is 13.5. The van der Waals surface area contributed by atoms with Gasteiger partial charge in [0.2, 0.25) is 0 Å². The second kappa shape index (κ2) is 9.27. The fourth-order valence-electron chi connectivity index (χ4n) is 3.55. The Labute approximate surface area is 185 Å². The number of halogens is 1. The number of nitrogens with zero attached hydrogens (tertiary/aromatic N) is 3. The highest BCUT2D eigenvalue weighted by Gasteiger charge is 2.21. The van der Waals surface area contributed by atoms with Crippen LogP contribution in [0.3, 0.4) is 0 Å². The largest absolute Gasteiger partial charge is 0.357 e. The van der Waals surface area contributed by atoms with Gasteiger partial charge in [-0.3, -0.25) is 4.79 Å². The van der Waals surface area contributed by atoms with Gasteiger partial charge in [0.15, 0.2) is 0 Å². The van der Waals surface area contributed by atoms with E-state index in [0.29, 0.717) is 17.1 Å². The molecule has 2 aromatic carbocycles. The number of anilines is 2. The molecule has 0 aliphatic carbocycles. The lowest BCUT2D eigenvalue weighted by Crippen LogP contribution is -2.30. The summed E-state index contributed by atoms with van der Waals surface area (Å²) < 4.78 is 14.6. The van der Waals surface area contributed by atoms with Crippen molar-refractivity contribution >= 4 is 38.8 Å². The van der Waals surface area contributed by atoms with Crippen LogP contribution in [-0.4, -0.2) is 24.0 Å². The molecule has 2 heterocycles. The normalized spacial score (nSPS) is 10.9. The Morgan fingerprint density at radius 3 is 2.39 bits per heavy atom. The first-order valence-corrected chi connectivity index (χ1v) is 11.2. The molecule has 0 N–H and O–H groups in total. The van der Waals surface area contributed by atoms with Crippen LogP contribution in [0, 0.1) is 5.82 Å². The Hall–Kier alpha value is -3.25. The average Bonchev–Trinajstić information content (AvgIpc) is 3.24. The lowest BCUT2D eigenvalue weighted by atomic mass is 10.2. The molecule has 0 aliphatic heterocycles. The zero-order valence-electron chi connectivity index (χ0n) is 17.6. The van der Waals surface area contributed by atoms with Gasteiger partial charge in [0, 0.05) is 29.7 Å². The predicted molar refractivity (Wildman–Crippen MR) is 127 cm³/mol. The summed E-state index contributed by atoms with van der Waals surface area (Å²) in [6.07, 6.45) is 1.81. The molecule has 0 radical (unpaired) electrons. The van der Waals surface area contributed by atoms with E-state index in [9.17, 15) is 9.18 Å². The number of pyridine rings is 1. The standard InChI is InChI=1S/C25H24FN3OS/c1-3-28(4-2)24-14-9-18(16-27-24)17-29(21-12-10-20(26)11-13-21)25(30)23-15-19-7-5-6-8-22(19)31-23/h5-16H,3-4,17H2,1-2H3. The summed E-state index contributed by atoms with van der Waals surface area (Å²) in [6.45, 7) is 6.31. The molecule has 1 amide bonds. The van der Waals surface area contributed by atoms with Crippen LogP contribution >= 0.6 is 11.3 Å². The minimum absolute atomic E-state index is 0.111. The Balaban J connectivity index is 1.66. The zero-order chi connectivity index (χ0) is 21.8. The quantitative estimate of drug-likeness (QED) is 0.352. The van der Waals surface area contributed by atoms with Gasteiger partial charge < -0.3 is 9.80 Å². The lowest BCUT2D eigenvalue weighted by Gasteiger charge is -2.23. The molecule has 4 aromatic rings. The molecule has 158 valence electrons. The minimum atomic E-state index is -0.330. The number of fused-ring (bicyclic) bond motifs is 1. The number of thiophene rings is 1. The summed E-state index contributed by atoms with van der Waals surface area (Å²) in [4.78, 5) is 22.6. The van der Waals surface area contributed by atoms with E-state index in [4.69, 9.17) is 0 Å². The lowest BCUT2D eigenvalue weighted by molar-refractivity contribution is 0.0989. The number of benzene rings is 2. The van der Waals surface area contributed by atoms with Crippen molar-refractivity contribution in [2.75, 3.05) is 22.9 Å². The van der Waals surface area contributed by atoms with Crippen LogP contribution in [0.2, 0.25) is 0 Å². The predicted octanol–water partition coefficient (Wildman–Crippen LogP) is 6.13. The molecule has 0 saturated carbocycles. The number of rotatable bonds is 7. The average molecular weight is 434 g/mol. The topological polar surface area (TPSA) is 36.4 Å².